The number of anilines is 1. The van der Waals surface area contributed by atoms with Crippen molar-refractivity contribution < 1.29 is 23.9 Å². The van der Waals surface area contributed by atoms with Crippen LogP contribution in [0.1, 0.15) is 24.9 Å². The lowest BCUT2D eigenvalue weighted by Crippen LogP contribution is -2.35. The van der Waals surface area contributed by atoms with Crippen LogP contribution in [-0.4, -0.2) is 30.9 Å². The highest BCUT2D eigenvalue weighted by molar-refractivity contribution is 7.12. The van der Waals surface area contributed by atoms with Crippen LogP contribution in [0, 0.1) is 0 Å². The molecule has 11 heteroatoms. The highest BCUT2D eigenvalue weighted by Gasteiger charge is 2.22. The van der Waals surface area contributed by atoms with Crippen molar-refractivity contribution in [2.75, 3.05) is 12.8 Å². The van der Waals surface area contributed by atoms with Gasteiger partial charge in [0.25, 0.3) is 5.91 Å². The Labute approximate surface area is 150 Å². The van der Waals surface area contributed by atoms with Gasteiger partial charge in [0.2, 0.25) is 5.91 Å². The number of hydrogen-bond donors (Lipinski definition) is 4. The van der Waals surface area contributed by atoms with Crippen molar-refractivity contribution >= 4 is 52.2 Å². The number of fused-ring (bicyclic) bond motifs is 1. The first kappa shape index (κ1) is 20.1. The van der Waals surface area contributed by atoms with Crippen LogP contribution in [0.25, 0.3) is 0 Å². The monoisotopic (exact) mass is 384 g/mol. The molecular formula is C14H16N4O5S2. The minimum absolute atomic E-state index is 0.207. The number of hydrogen-bond acceptors (Lipinski definition) is 8. The van der Waals surface area contributed by atoms with E-state index in [0.29, 0.717) is 21.9 Å². The normalized spacial score (nSPS) is 11.7. The largest absolute Gasteiger partial charge is 0.465 e. The third-order valence-electron chi connectivity index (χ3n) is 2.62. The van der Waals surface area contributed by atoms with E-state index < -0.39 is 6.03 Å². The van der Waals surface area contributed by atoms with E-state index in [1.807, 2.05) is 11.4 Å². The molecule has 0 aliphatic carbocycles. The number of carbonyl (C=O) groups excluding carboxylic acids is 4. The highest BCUT2D eigenvalue weighted by atomic mass is 32.1. The first-order chi connectivity index (χ1) is 11.8. The van der Waals surface area contributed by atoms with Gasteiger partial charge in [-0.15, -0.1) is 22.7 Å². The summed E-state index contributed by atoms with van der Waals surface area (Å²) in [6.07, 6.45) is 0.338. The summed E-state index contributed by atoms with van der Waals surface area (Å²) in [5.41, 5.74) is 15.3. The molecule has 4 amide bonds. The van der Waals surface area contributed by atoms with Crippen molar-refractivity contribution in [3.8, 4) is 0 Å². The second kappa shape index (κ2) is 9.39. The number of esters is 1. The summed E-state index contributed by atoms with van der Waals surface area (Å²) in [4.78, 5) is 42.8. The lowest BCUT2D eigenvalue weighted by Gasteiger charge is -2.09. The Morgan fingerprint density at radius 1 is 1.16 bits per heavy atom. The van der Waals surface area contributed by atoms with Gasteiger partial charge in [-0.25, -0.2) is 9.59 Å². The molecule has 0 saturated heterocycles. The maximum atomic E-state index is 11.0. The maximum Gasteiger partial charge on any atom is 0.350 e. The molecule has 2 aromatic rings. The molecule has 1 aliphatic rings. The minimum atomic E-state index is -0.833. The fourth-order valence-electron chi connectivity index (χ4n) is 1.65. The minimum Gasteiger partial charge on any atom is -0.465 e. The Kier molecular flexibility index (Phi) is 7.56. The molecule has 0 fully saturated rings. The number of thiophene rings is 2. The van der Waals surface area contributed by atoms with Crippen molar-refractivity contribution in [3.63, 3.8) is 0 Å². The Balaban J connectivity index is 0.000000208. The van der Waals surface area contributed by atoms with Gasteiger partial charge in [0, 0.05) is 0 Å². The fourth-order valence-corrected chi connectivity index (χ4v) is 3.20. The number of nitrogens with one attached hydrogen (secondary N) is 1. The van der Waals surface area contributed by atoms with Gasteiger partial charge in [-0.2, -0.15) is 0 Å². The quantitative estimate of drug-likeness (QED) is 0.417. The van der Waals surface area contributed by atoms with Crippen molar-refractivity contribution in [3.05, 3.63) is 38.2 Å². The third-order valence-corrected chi connectivity index (χ3v) is 4.49. The van der Waals surface area contributed by atoms with Crippen LogP contribution >= 0.6 is 22.7 Å². The summed E-state index contributed by atoms with van der Waals surface area (Å²) >= 11 is 2.65. The third kappa shape index (κ3) is 6.24. The molecule has 134 valence electrons. The van der Waals surface area contributed by atoms with Gasteiger partial charge >= 0.3 is 12.0 Å². The van der Waals surface area contributed by atoms with Gasteiger partial charge in [-0.3, -0.25) is 14.9 Å². The van der Waals surface area contributed by atoms with Crippen LogP contribution in [-0.2, 0) is 16.0 Å². The summed E-state index contributed by atoms with van der Waals surface area (Å²) in [6, 6.07) is 2.66. The molecule has 1 aliphatic heterocycles. The molecule has 7 N–H and O–H groups in total. The Hall–Kier alpha value is -2.92. The van der Waals surface area contributed by atoms with E-state index in [1.54, 1.807) is 11.4 Å². The van der Waals surface area contributed by atoms with Crippen LogP contribution < -0.4 is 22.5 Å². The first-order valence-corrected chi connectivity index (χ1v) is 8.38. The number of rotatable bonds is 1. The van der Waals surface area contributed by atoms with E-state index in [-0.39, 0.29) is 17.8 Å². The predicted molar refractivity (Wildman–Crippen MR) is 94.3 cm³/mol. The smallest absolute Gasteiger partial charge is 0.350 e. The van der Waals surface area contributed by atoms with E-state index >= 15 is 0 Å². The van der Waals surface area contributed by atoms with Gasteiger partial charge in [-0.05, 0) is 28.5 Å². The Morgan fingerprint density at radius 2 is 1.76 bits per heavy atom. The lowest BCUT2D eigenvalue weighted by atomic mass is 10.1. The molecule has 0 bridgehead atoms. The summed E-state index contributed by atoms with van der Waals surface area (Å²) in [7, 11) is 1.33. The van der Waals surface area contributed by atoms with E-state index in [1.165, 1.54) is 29.8 Å². The zero-order valence-electron chi connectivity index (χ0n) is 13.1. The van der Waals surface area contributed by atoms with Gasteiger partial charge < -0.3 is 21.9 Å². The van der Waals surface area contributed by atoms with Crippen molar-refractivity contribution in [1.29, 1.82) is 0 Å². The molecule has 9 nitrogen and oxygen atoms in total. The summed E-state index contributed by atoms with van der Waals surface area (Å²) in [5, 5.41) is 5.83. The zero-order valence-corrected chi connectivity index (χ0v) is 14.7. The first-order valence-electron chi connectivity index (χ1n) is 6.63. The molecule has 0 atom stereocenters. The average Bonchev–Trinajstić information content (AvgIpc) is 3.15. The number of carbonyl (C=O) groups is 4. The topological polar surface area (TPSA) is 168 Å². The molecule has 0 radical (unpaired) electrons. The standard InChI is InChI=1S/C7H5NO2S.C6H7NO2S.CH4N2O/c9-5-3-4-1-2-11-6(4)7(10)8-5;1-9-6(8)5-4(7)2-3-10-5;2-1(3)4/h1-2H,3H2,(H,8,9,10);2-3H,7H2,1H3;(H4,2,3,4). The van der Waals surface area contributed by atoms with Crippen LogP contribution in [0.15, 0.2) is 22.9 Å². The maximum absolute atomic E-state index is 11.0. The van der Waals surface area contributed by atoms with Gasteiger partial charge in [0.05, 0.1) is 24.1 Å². The number of nitrogen functional groups attached to an aromatic ring is 1. The average molecular weight is 384 g/mol. The van der Waals surface area contributed by atoms with Crippen LogP contribution in [0.4, 0.5) is 10.5 Å². The van der Waals surface area contributed by atoms with E-state index in [9.17, 15) is 14.4 Å². The number of nitrogens with two attached hydrogens (primary N) is 3. The predicted octanol–water partition coefficient (Wildman–Crippen LogP) is 0.701. The molecule has 25 heavy (non-hydrogen) atoms. The van der Waals surface area contributed by atoms with Gasteiger partial charge in [-0.1, -0.05) is 0 Å². The number of amides is 4. The molecule has 0 unspecified atom stereocenters. The number of methoxy groups -OCH3 is 1. The zero-order chi connectivity index (χ0) is 19.0. The Morgan fingerprint density at radius 3 is 2.28 bits per heavy atom. The van der Waals surface area contributed by atoms with Crippen molar-refractivity contribution in [1.82, 2.24) is 5.32 Å². The van der Waals surface area contributed by atoms with Gasteiger partial charge in [0.1, 0.15) is 4.88 Å². The van der Waals surface area contributed by atoms with Crippen LogP contribution in [0.2, 0.25) is 0 Å². The second-order valence-electron chi connectivity index (χ2n) is 4.43. The second-order valence-corrected chi connectivity index (χ2v) is 6.26. The number of primary amides is 2. The number of urea groups is 1. The molecule has 0 saturated carbocycles. The molecule has 2 aromatic heterocycles. The van der Waals surface area contributed by atoms with E-state index in [0.717, 1.165) is 5.56 Å². The molecule has 3 rings (SSSR count). The van der Waals surface area contributed by atoms with Gasteiger partial charge in [0.15, 0.2) is 0 Å². The van der Waals surface area contributed by atoms with Crippen molar-refractivity contribution in [2.45, 2.75) is 6.42 Å². The molecule has 0 aromatic carbocycles. The summed E-state index contributed by atoms with van der Waals surface area (Å²) in [5.74, 6) is -0.834. The molecular weight excluding hydrogens is 368 g/mol. The van der Waals surface area contributed by atoms with E-state index in [4.69, 9.17) is 10.5 Å². The lowest BCUT2D eigenvalue weighted by molar-refractivity contribution is -0.119. The fraction of sp³-hybridized carbons (Fsp3) is 0.143. The van der Waals surface area contributed by atoms with Crippen molar-refractivity contribution in [2.24, 2.45) is 11.5 Å². The molecule has 3 heterocycles. The SMILES string of the molecule is COC(=O)c1sccc1N.NC(N)=O.O=C1Cc2ccsc2C(=O)N1. The summed E-state index contributed by atoms with van der Waals surface area (Å²) < 4.78 is 4.47. The van der Waals surface area contributed by atoms with Crippen LogP contribution in [0.3, 0.4) is 0 Å². The highest BCUT2D eigenvalue weighted by Crippen LogP contribution is 2.20. The Bertz CT molecular complexity index is 780. The number of ether oxygens (including phenoxy) is 1. The number of imide groups is 1. The molecule has 0 spiro atoms. The summed E-state index contributed by atoms with van der Waals surface area (Å²) in [6.45, 7) is 0. The van der Waals surface area contributed by atoms with E-state index in [2.05, 4.69) is 21.5 Å². The van der Waals surface area contributed by atoms with Crippen LogP contribution in [0.5, 0.6) is 0 Å².